The summed E-state index contributed by atoms with van der Waals surface area (Å²) in [6.45, 7) is 0.351. The third-order valence-electron chi connectivity index (χ3n) is 7.63. The zero-order chi connectivity index (χ0) is 33.7. The smallest absolute Gasteiger partial charge is 0.331 e. The Labute approximate surface area is 262 Å². The SMILES string of the molecule is CO[C@@H](CO[C@@H]1O[C@H](CO)[C@@H](OC(=O)/C=C/c2ccc(O)c(O)c2)[C@H](O[C@@H]2O[C@@H](C)[C@H](O)[C@@H](O)[C@H]2O)[C@H]1O)c1ccc(O)c(O)c1. The summed E-state index contributed by atoms with van der Waals surface area (Å²) in [4.78, 5) is 12.9. The van der Waals surface area contributed by atoms with Crippen LogP contribution in [0.2, 0.25) is 0 Å². The fourth-order valence-electron chi connectivity index (χ4n) is 4.96. The molecule has 0 amide bonds. The molecule has 4 rings (SSSR count). The number of carbonyl (C=O) groups is 1. The molecule has 46 heavy (non-hydrogen) atoms. The maximum atomic E-state index is 12.9. The van der Waals surface area contributed by atoms with Crippen LogP contribution in [-0.4, -0.2) is 134 Å². The van der Waals surface area contributed by atoms with Crippen LogP contribution in [0.4, 0.5) is 0 Å². The van der Waals surface area contributed by atoms with Crippen molar-refractivity contribution in [2.24, 2.45) is 0 Å². The van der Waals surface area contributed by atoms with Gasteiger partial charge in [-0.3, -0.25) is 0 Å². The largest absolute Gasteiger partial charge is 0.504 e. The van der Waals surface area contributed by atoms with Gasteiger partial charge in [0.25, 0.3) is 0 Å². The lowest BCUT2D eigenvalue weighted by atomic mass is 9.97. The van der Waals surface area contributed by atoms with Gasteiger partial charge in [-0.15, -0.1) is 0 Å². The van der Waals surface area contributed by atoms with Gasteiger partial charge in [0.15, 0.2) is 41.7 Å². The Balaban J connectivity index is 1.56. The van der Waals surface area contributed by atoms with Gasteiger partial charge in [-0.25, -0.2) is 4.79 Å². The predicted octanol–water partition coefficient (Wildman–Crippen LogP) is -0.871. The number of aliphatic hydroxyl groups is 5. The van der Waals surface area contributed by atoms with Crippen LogP contribution in [0.25, 0.3) is 6.08 Å². The minimum absolute atomic E-state index is 0.287. The fraction of sp³-hybridized carbons (Fsp3) is 0.500. The summed E-state index contributed by atoms with van der Waals surface area (Å²) in [5.74, 6) is -2.56. The molecule has 0 saturated carbocycles. The number of aliphatic hydroxyl groups excluding tert-OH is 5. The molecule has 2 fully saturated rings. The number of ether oxygens (including phenoxy) is 6. The van der Waals surface area contributed by atoms with Gasteiger partial charge in [-0.05, 0) is 48.4 Å². The van der Waals surface area contributed by atoms with Crippen molar-refractivity contribution in [1.82, 2.24) is 0 Å². The molecule has 2 aliphatic heterocycles. The molecule has 0 radical (unpaired) electrons. The first kappa shape index (κ1) is 35.3. The molecular weight excluding hydrogens is 616 g/mol. The molecule has 0 bridgehead atoms. The molecule has 9 N–H and O–H groups in total. The Hall–Kier alpha value is -3.55. The van der Waals surface area contributed by atoms with Crippen molar-refractivity contribution in [2.75, 3.05) is 20.3 Å². The van der Waals surface area contributed by atoms with Crippen molar-refractivity contribution in [2.45, 2.75) is 74.4 Å². The van der Waals surface area contributed by atoms with Crippen LogP contribution in [-0.2, 0) is 33.2 Å². The van der Waals surface area contributed by atoms with Crippen LogP contribution < -0.4 is 0 Å². The molecule has 2 aromatic rings. The molecule has 0 aromatic heterocycles. The quantitative estimate of drug-likeness (QED) is 0.0811. The Morgan fingerprint density at radius 3 is 2.15 bits per heavy atom. The summed E-state index contributed by atoms with van der Waals surface area (Å²) in [6, 6.07) is 7.77. The molecule has 16 nitrogen and oxygen atoms in total. The Bertz CT molecular complexity index is 1350. The van der Waals surface area contributed by atoms with Crippen LogP contribution in [0.15, 0.2) is 42.5 Å². The van der Waals surface area contributed by atoms with Crippen LogP contribution in [0, 0.1) is 0 Å². The van der Waals surface area contributed by atoms with Gasteiger partial charge in [0.1, 0.15) is 42.7 Å². The highest BCUT2D eigenvalue weighted by Crippen LogP contribution is 2.33. The molecule has 2 aliphatic rings. The molecule has 2 heterocycles. The molecule has 2 aromatic carbocycles. The molecule has 0 spiro atoms. The number of esters is 1. The van der Waals surface area contributed by atoms with Crippen LogP contribution >= 0.6 is 0 Å². The van der Waals surface area contributed by atoms with Gasteiger partial charge in [0.05, 0.1) is 19.3 Å². The predicted molar refractivity (Wildman–Crippen MR) is 153 cm³/mol. The summed E-state index contributed by atoms with van der Waals surface area (Å²) in [5, 5.41) is 91.2. The summed E-state index contributed by atoms with van der Waals surface area (Å²) >= 11 is 0. The highest BCUT2D eigenvalue weighted by molar-refractivity contribution is 5.87. The molecule has 11 atom stereocenters. The standard InChI is InChI=1S/C30H38O16/c1-13-23(37)24(38)25(39)30(43-13)46-28-26(40)29(42-12-21(41-2)15-5-7-17(33)19(35)10-15)44-20(11-31)27(28)45-22(36)8-4-14-3-6-16(32)18(34)9-14/h3-10,13,20-21,23-35,37-40H,11-12H2,1-2H3/b8-4+/t13-,20+,21-,23-,24+,25+,26+,27+,28+,29+,30-/m0/s1. The minimum Gasteiger partial charge on any atom is -0.504 e. The second kappa shape index (κ2) is 15.4. The van der Waals surface area contributed by atoms with E-state index < -0.39 is 91.6 Å². The first-order chi connectivity index (χ1) is 21.8. The molecule has 0 unspecified atom stereocenters. The maximum absolute atomic E-state index is 12.9. The number of rotatable bonds is 11. The average molecular weight is 655 g/mol. The Kier molecular flexibility index (Phi) is 11.8. The molecular formula is C30H38O16. The highest BCUT2D eigenvalue weighted by Gasteiger charge is 2.52. The maximum Gasteiger partial charge on any atom is 0.331 e. The first-order valence-electron chi connectivity index (χ1n) is 14.2. The first-order valence-corrected chi connectivity index (χ1v) is 14.2. The Morgan fingerprint density at radius 1 is 0.848 bits per heavy atom. The van der Waals surface area contributed by atoms with Crippen molar-refractivity contribution >= 4 is 12.0 Å². The Morgan fingerprint density at radius 2 is 1.52 bits per heavy atom. The van der Waals surface area contributed by atoms with Crippen molar-refractivity contribution in [3.8, 4) is 23.0 Å². The fourth-order valence-corrected chi connectivity index (χ4v) is 4.96. The third-order valence-corrected chi connectivity index (χ3v) is 7.63. The third kappa shape index (κ3) is 8.05. The van der Waals surface area contributed by atoms with E-state index in [1.54, 1.807) is 0 Å². The lowest BCUT2D eigenvalue weighted by molar-refractivity contribution is -0.358. The topological polar surface area (TPSA) is 255 Å². The number of hydrogen-bond donors (Lipinski definition) is 9. The van der Waals surface area contributed by atoms with E-state index in [2.05, 4.69) is 0 Å². The second-order valence-corrected chi connectivity index (χ2v) is 10.8. The molecule has 0 aliphatic carbocycles. The number of methoxy groups -OCH3 is 1. The molecule has 254 valence electrons. The second-order valence-electron chi connectivity index (χ2n) is 10.8. The highest BCUT2D eigenvalue weighted by atomic mass is 16.7. The minimum atomic E-state index is -1.80. The zero-order valence-electron chi connectivity index (χ0n) is 24.8. The van der Waals surface area contributed by atoms with Crippen molar-refractivity contribution in [3.63, 3.8) is 0 Å². The van der Waals surface area contributed by atoms with Gasteiger partial charge >= 0.3 is 5.97 Å². The average Bonchev–Trinajstić information content (AvgIpc) is 3.03. The lowest BCUT2D eigenvalue weighted by Crippen LogP contribution is -2.65. The zero-order valence-corrected chi connectivity index (χ0v) is 24.8. The number of phenols is 4. The number of hydrogen-bond acceptors (Lipinski definition) is 16. The molecule has 16 heteroatoms. The summed E-state index contributed by atoms with van der Waals surface area (Å²) in [5.41, 5.74) is 0.720. The van der Waals surface area contributed by atoms with E-state index in [0.717, 1.165) is 6.08 Å². The van der Waals surface area contributed by atoms with E-state index in [-0.39, 0.29) is 18.1 Å². The number of carbonyl (C=O) groups excluding carboxylic acids is 1. The van der Waals surface area contributed by atoms with Gasteiger partial charge in [0.2, 0.25) is 0 Å². The van der Waals surface area contributed by atoms with Crippen molar-refractivity contribution in [1.29, 1.82) is 0 Å². The number of phenolic OH excluding ortho intramolecular Hbond substituents is 4. The number of benzene rings is 2. The van der Waals surface area contributed by atoms with E-state index in [4.69, 9.17) is 28.4 Å². The summed E-state index contributed by atoms with van der Waals surface area (Å²) in [7, 11) is 1.35. The van der Waals surface area contributed by atoms with Crippen LogP contribution in [0.3, 0.4) is 0 Å². The van der Waals surface area contributed by atoms with E-state index in [0.29, 0.717) is 11.1 Å². The van der Waals surface area contributed by atoms with E-state index >= 15 is 0 Å². The normalized spacial score (nSPS) is 32.3. The van der Waals surface area contributed by atoms with Crippen molar-refractivity contribution < 1.29 is 79.2 Å². The summed E-state index contributed by atoms with van der Waals surface area (Å²) in [6.07, 6.45) is -14.1. The lowest BCUT2D eigenvalue weighted by Gasteiger charge is -2.46. The number of aromatic hydroxyl groups is 4. The van der Waals surface area contributed by atoms with Crippen LogP contribution in [0.1, 0.15) is 24.2 Å². The van der Waals surface area contributed by atoms with E-state index in [9.17, 15) is 50.8 Å². The molecule has 2 saturated heterocycles. The van der Waals surface area contributed by atoms with Gasteiger partial charge in [-0.1, -0.05) is 12.1 Å². The van der Waals surface area contributed by atoms with Crippen LogP contribution in [0.5, 0.6) is 23.0 Å². The van der Waals surface area contributed by atoms with Gasteiger partial charge in [-0.2, -0.15) is 0 Å². The monoisotopic (exact) mass is 654 g/mol. The van der Waals surface area contributed by atoms with E-state index in [1.165, 1.54) is 56.5 Å². The van der Waals surface area contributed by atoms with E-state index in [1.807, 2.05) is 0 Å². The summed E-state index contributed by atoms with van der Waals surface area (Å²) < 4.78 is 33.8. The van der Waals surface area contributed by atoms with Crippen molar-refractivity contribution in [3.05, 3.63) is 53.6 Å². The van der Waals surface area contributed by atoms with Gasteiger partial charge < -0.3 is 74.4 Å². The van der Waals surface area contributed by atoms with Gasteiger partial charge in [0, 0.05) is 13.2 Å².